The van der Waals surface area contributed by atoms with Crippen molar-refractivity contribution in [3.63, 3.8) is 0 Å². The maximum atomic E-state index is 11.8. The molecular weight excluding hydrogens is 246 g/mol. The molecule has 1 amide bonds. The second-order valence-corrected chi connectivity index (χ2v) is 6.09. The van der Waals surface area contributed by atoms with Crippen molar-refractivity contribution in [3.05, 3.63) is 12.7 Å². The zero-order valence-corrected chi connectivity index (χ0v) is 11.9. The van der Waals surface area contributed by atoms with Gasteiger partial charge < -0.3 is 15.2 Å². The molecule has 0 aromatic heterocycles. The van der Waals surface area contributed by atoms with Gasteiger partial charge in [-0.1, -0.05) is 18.9 Å². The van der Waals surface area contributed by atoms with Crippen LogP contribution in [-0.2, 0) is 9.53 Å². The van der Waals surface area contributed by atoms with Crippen molar-refractivity contribution in [2.24, 2.45) is 5.41 Å². The molecule has 3 N–H and O–H groups in total. The van der Waals surface area contributed by atoms with E-state index in [2.05, 4.69) is 11.9 Å². The van der Waals surface area contributed by atoms with Crippen LogP contribution in [0.15, 0.2) is 12.7 Å². The molecule has 1 fully saturated rings. The average molecular weight is 270 g/mol. The summed E-state index contributed by atoms with van der Waals surface area (Å²) in [5.74, 6) is -0.798. The van der Waals surface area contributed by atoms with E-state index >= 15 is 0 Å². The fourth-order valence-electron chi connectivity index (χ4n) is 2.54. The number of ether oxygens (including phenoxy) is 1. The number of carbonyl (C=O) groups excluding carboxylic acids is 2. The summed E-state index contributed by atoms with van der Waals surface area (Å²) in [6.07, 6.45) is 4.53. The lowest BCUT2D eigenvalue weighted by molar-refractivity contribution is -0.142. The lowest BCUT2D eigenvalue weighted by Crippen LogP contribution is -2.52. The summed E-state index contributed by atoms with van der Waals surface area (Å²) in [5, 5.41) is 9.93. The van der Waals surface area contributed by atoms with Crippen molar-refractivity contribution in [2.75, 3.05) is 0 Å². The summed E-state index contributed by atoms with van der Waals surface area (Å²) < 4.78 is 5.15. The number of nitrogens with one attached hydrogen (secondary N) is 1. The van der Waals surface area contributed by atoms with Gasteiger partial charge >= 0.3 is 12.1 Å². The van der Waals surface area contributed by atoms with Crippen LogP contribution in [0.2, 0.25) is 0 Å². The van der Waals surface area contributed by atoms with Crippen molar-refractivity contribution in [2.45, 2.75) is 58.1 Å². The molecule has 19 heavy (non-hydrogen) atoms. The maximum absolute atomic E-state index is 11.8. The number of amides is 1. The molecular formula is C14H24NO4+. The fourth-order valence-corrected chi connectivity index (χ4v) is 2.54. The van der Waals surface area contributed by atoms with Crippen molar-refractivity contribution >= 4 is 12.1 Å². The molecule has 1 atom stereocenters. The van der Waals surface area contributed by atoms with E-state index in [0.717, 1.165) is 25.7 Å². The topological polar surface area (TPSA) is 78.3 Å². The van der Waals surface area contributed by atoms with Crippen LogP contribution in [0.1, 0.15) is 46.5 Å². The zero-order chi connectivity index (χ0) is 14.7. The number of hydrogen-bond donors (Lipinski definition) is 1. The molecule has 0 bridgehead atoms. The van der Waals surface area contributed by atoms with Gasteiger partial charge in [0.05, 0.1) is 0 Å². The highest BCUT2D eigenvalue weighted by atomic mass is 16.6. The molecule has 5 heteroatoms. The van der Waals surface area contributed by atoms with Crippen LogP contribution in [-0.4, -0.2) is 28.8 Å². The molecule has 0 saturated heterocycles. The molecule has 1 aliphatic carbocycles. The Labute approximate surface area is 114 Å². The van der Waals surface area contributed by atoms with Crippen LogP contribution in [0.4, 0.5) is 4.79 Å². The third-order valence-electron chi connectivity index (χ3n) is 3.44. The Bertz CT molecular complexity index is 364. The molecule has 5 nitrogen and oxygen atoms in total. The van der Waals surface area contributed by atoms with Gasteiger partial charge in [-0.3, -0.25) is 0 Å². The molecule has 0 spiro atoms. The SMILES string of the molecule is C=CC1(C(NC(=O)OC(C)(C)C)C(=O)[OH2+])CCCC1. The first-order chi connectivity index (χ1) is 8.70. The summed E-state index contributed by atoms with van der Waals surface area (Å²) in [6, 6.07) is -0.873. The highest BCUT2D eigenvalue weighted by Crippen LogP contribution is 2.42. The predicted octanol–water partition coefficient (Wildman–Crippen LogP) is 1.88. The van der Waals surface area contributed by atoms with E-state index in [1.54, 1.807) is 26.8 Å². The van der Waals surface area contributed by atoms with Crippen LogP contribution < -0.4 is 5.32 Å². The fraction of sp³-hybridized carbons (Fsp3) is 0.714. The molecule has 0 aromatic carbocycles. The van der Waals surface area contributed by atoms with Gasteiger partial charge in [0.1, 0.15) is 5.60 Å². The Morgan fingerprint density at radius 1 is 1.37 bits per heavy atom. The monoisotopic (exact) mass is 270 g/mol. The first-order valence-corrected chi connectivity index (χ1v) is 6.59. The van der Waals surface area contributed by atoms with E-state index in [-0.39, 0.29) is 0 Å². The average Bonchev–Trinajstić information content (AvgIpc) is 2.72. The highest BCUT2D eigenvalue weighted by Gasteiger charge is 2.48. The third kappa shape index (κ3) is 3.98. The van der Waals surface area contributed by atoms with Crippen LogP contribution in [0.25, 0.3) is 0 Å². The smallest absolute Gasteiger partial charge is 0.539 e. The Balaban J connectivity index is 2.81. The summed E-state index contributed by atoms with van der Waals surface area (Å²) in [7, 11) is 0. The van der Waals surface area contributed by atoms with Gasteiger partial charge in [-0.05, 0) is 33.6 Å². The van der Waals surface area contributed by atoms with E-state index in [0.29, 0.717) is 0 Å². The van der Waals surface area contributed by atoms with Crippen LogP contribution in [0.5, 0.6) is 0 Å². The van der Waals surface area contributed by atoms with Crippen molar-refractivity contribution in [1.29, 1.82) is 0 Å². The molecule has 1 unspecified atom stereocenters. The number of hydrogen-bond acceptors (Lipinski definition) is 3. The highest BCUT2D eigenvalue weighted by molar-refractivity contribution is 5.81. The molecule has 108 valence electrons. The molecule has 1 saturated carbocycles. The number of rotatable bonds is 4. The first-order valence-electron chi connectivity index (χ1n) is 6.59. The predicted molar refractivity (Wildman–Crippen MR) is 72.9 cm³/mol. The number of carbonyl (C=O) groups is 2. The minimum absolute atomic E-state index is 0.504. The van der Waals surface area contributed by atoms with Crippen molar-refractivity contribution < 1.29 is 19.4 Å². The largest absolute Gasteiger partial charge is 0.563 e. The van der Waals surface area contributed by atoms with Gasteiger partial charge in [-0.25, -0.2) is 4.79 Å². The van der Waals surface area contributed by atoms with Gasteiger partial charge in [0, 0.05) is 10.2 Å². The van der Waals surface area contributed by atoms with Crippen LogP contribution in [0, 0.1) is 5.41 Å². The molecule has 0 radical (unpaired) electrons. The van der Waals surface area contributed by atoms with E-state index < -0.39 is 29.1 Å². The molecule has 0 aliphatic heterocycles. The Morgan fingerprint density at radius 3 is 2.26 bits per heavy atom. The van der Waals surface area contributed by atoms with Crippen molar-refractivity contribution in [3.8, 4) is 0 Å². The molecule has 0 aromatic rings. The normalized spacial score (nSPS) is 19.5. The lowest BCUT2D eigenvalue weighted by atomic mass is 9.78. The van der Waals surface area contributed by atoms with Gasteiger partial charge in [0.15, 0.2) is 6.04 Å². The molecule has 0 heterocycles. The van der Waals surface area contributed by atoms with E-state index in [1.165, 1.54) is 0 Å². The van der Waals surface area contributed by atoms with E-state index in [4.69, 9.17) is 9.84 Å². The van der Waals surface area contributed by atoms with Gasteiger partial charge in [0.2, 0.25) is 0 Å². The van der Waals surface area contributed by atoms with Crippen LogP contribution >= 0.6 is 0 Å². The Hall–Kier alpha value is -1.52. The second-order valence-electron chi connectivity index (χ2n) is 6.09. The first kappa shape index (κ1) is 15.5. The number of alkyl carbamates (subject to hydrolysis) is 1. The minimum Gasteiger partial charge on any atom is -0.563 e. The summed E-state index contributed by atoms with van der Waals surface area (Å²) in [6.45, 7) is 9.03. The van der Waals surface area contributed by atoms with E-state index in [9.17, 15) is 9.59 Å². The standard InChI is InChI=1S/C14H23NO4/c1-5-14(8-6-7-9-14)10(11(16)17)15-12(18)19-13(2,3)4/h5,10H,1,6-9H2,2-4H3,(H,15,18)(H,16,17)/p+1. The maximum Gasteiger partial charge on any atom is 0.539 e. The third-order valence-corrected chi connectivity index (χ3v) is 3.44. The van der Waals surface area contributed by atoms with Crippen molar-refractivity contribution in [1.82, 2.24) is 5.32 Å². The zero-order valence-electron chi connectivity index (χ0n) is 11.9. The molecule has 1 rings (SSSR count). The van der Waals surface area contributed by atoms with E-state index in [1.807, 2.05) is 0 Å². The van der Waals surface area contributed by atoms with Gasteiger partial charge in [-0.15, -0.1) is 6.58 Å². The molecule has 1 aliphatic rings. The van der Waals surface area contributed by atoms with Crippen LogP contribution in [0.3, 0.4) is 0 Å². The Kier molecular flexibility index (Phi) is 4.61. The van der Waals surface area contributed by atoms with Gasteiger partial charge in [-0.2, -0.15) is 0 Å². The lowest BCUT2D eigenvalue weighted by Gasteiger charge is -2.30. The van der Waals surface area contributed by atoms with Gasteiger partial charge in [0.25, 0.3) is 0 Å². The minimum atomic E-state index is -0.873. The summed E-state index contributed by atoms with van der Waals surface area (Å²) in [5.41, 5.74) is -1.13. The summed E-state index contributed by atoms with van der Waals surface area (Å²) >= 11 is 0. The quantitative estimate of drug-likeness (QED) is 0.625. The summed E-state index contributed by atoms with van der Waals surface area (Å²) in [4.78, 5) is 23.3. The Morgan fingerprint density at radius 2 is 1.89 bits per heavy atom. The second kappa shape index (κ2) is 5.63.